The van der Waals surface area contributed by atoms with Gasteiger partial charge in [0.25, 0.3) is 0 Å². The highest BCUT2D eigenvalue weighted by Crippen LogP contribution is 2.30. The molecular weight excluding hydrogens is 296 g/mol. The van der Waals surface area contributed by atoms with Crippen molar-refractivity contribution in [3.63, 3.8) is 0 Å². The number of aryl methyl sites for hydroxylation is 3. The molecule has 18 heavy (non-hydrogen) atoms. The summed E-state index contributed by atoms with van der Waals surface area (Å²) in [7, 11) is 1.84. The second-order valence-electron chi connectivity index (χ2n) is 3.96. The van der Waals surface area contributed by atoms with Crippen LogP contribution in [0.4, 0.5) is 5.82 Å². The van der Waals surface area contributed by atoms with Gasteiger partial charge in [0.2, 0.25) is 0 Å². The summed E-state index contributed by atoms with van der Waals surface area (Å²) in [4.78, 5) is 9.06. The Balaban J connectivity index is 2.65. The zero-order chi connectivity index (χ0) is 13.3. The van der Waals surface area contributed by atoms with Gasteiger partial charge in [0, 0.05) is 7.05 Å². The van der Waals surface area contributed by atoms with Gasteiger partial charge in [0.1, 0.15) is 11.6 Å². The zero-order valence-corrected chi connectivity index (χ0v) is 12.4. The number of aromatic nitrogens is 3. The van der Waals surface area contributed by atoms with Gasteiger partial charge in [-0.25, -0.2) is 9.97 Å². The van der Waals surface area contributed by atoms with E-state index in [0.717, 1.165) is 39.4 Å². The number of nitrogens with one attached hydrogen (secondary N) is 1. The Bertz CT molecular complexity index is 535. The van der Waals surface area contributed by atoms with Crippen molar-refractivity contribution in [2.75, 3.05) is 12.4 Å². The quantitative estimate of drug-likeness (QED) is 0.943. The predicted molar refractivity (Wildman–Crippen MR) is 73.6 cm³/mol. The maximum absolute atomic E-state index is 5.16. The van der Waals surface area contributed by atoms with E-state index in [1.165, 1.54) is 0 Å². The number of hydrogen-bond acceptors (Lipinski definition) is 5. The number of anilines is 1. The van der Waals surface area contributed by atoms with Crippen LogP contribution in [0.3, 0.4) is 0 Å². The molecule has 0 aliphatic heterocycles. The van der Waals surface area contributed by atoms with E-state index in [1.54, 1.807) is 0 Å². The van der Waals surface area contributed by atoms with E-state index in [-0.39, 0.29) is 0 Å². The third-order valence-corrected chi connectivity index (χ3v) is 3.58. The number of halogens is 1. The third-order valence-electron chi connectivity index (χ3n) is 2.75. The van der Waals surface area contributed by atoms with Crippen molar-refractivity contribution < 1.29 is 4.52 Å². The van der Waals surface area contributed by atoms with Gasteiger partial charge in [-0.3, -0.25) is 0 Å². The molecule has 0 amide bonds. The van der Waals surface area contributed by atoms with Crippen LogP contribution in [0.1, 0.15) is 24.1 Å². The van der Waals surface area contributed by atoms with E-state index in [1.807, 2.05) is 20.9 Å². The second kappa shape index (κ2) is 5.06. The van der Waals surface area contributed by atoms with Gasteiger partial charge in [0.05, 0.1) is 21.4 Å². The van der Waals surface area contributed by atoms with Crippen LogP contribution in [0.5, 0.6) is 0 Å². The lowest BCUT2D eigenvalue weighted by Gasteiger charge is -2.09. The predicted octanol–water partition coefficient (Wildman–Crippen LogP) is 3.12. The number of nitrogens with zero attached hydrogens (tertiary/aromatic N) is 3. The van der Waals surface area contributed by atoms with E-state index in [2.05, 4.69) is 43.3 Å². The van der Waals surface area contributed by atoms with Crippen molar-refractivity contribution in [2.45, 2.75) is 27.2 Å². The van der Waals surface area contributed by atoms with Crippen LogP contribution >= 0.6 is 15.9 Å². The fraction of sp³-hybridized carbons (Fsp3) is 0.417. The zero-order valence-electron chi connectivity index (χ0n) is 10.8. The molecule has 0 saturated carbocycles. The molecule has 0 aliphatic carbocycles. The van der Waals surface area contributed by atoms with Gasteiger partial charge in [-0.05, 0) is 36.2 Å². The van der Waals surface area contributed by atoms with E-state index < -0.39 is 0 Å². The molecule has 0 atom stereocenters. The van der Waals surface area contributed by atoms with Gasteiger partial charge in [-0.1, -0.05) is 12.1 Å². The molecule has 96 valence electrons. The highest BCUT2D eigenvalue weighted by atomic mass is 79.9. The monoisotopic (exact) mass is 310 g/mol. The third kappa shape index (κ3) is 2.12. The molecule has 0 radical (unpaired) electrons. The molecule has 0 bridgehead atoms. The maximum Gasteiger partial charge on any atom is 0.167 e. The Morgan fingerprint density at radius 2 is 2.00 bits per heavy atom. The Hall–Kier alpha value is -1.43. The molecule has 0 fully saturated rings. The molecule has 0 aromatic carbocycles. The molecule has 0 unspecified atom stereocenters. The van der Waals surface area contributed by atoms with Gasteiger partial charge in [0.15, 0.2) is 5.82 Å². The van der Waals surface area contributed by atoms with Crippen LogP contribution in [0.2, 0.25) is 0 Å². The average molecular weight is 311 g/mol. The van der Waals surface area contributed by atoms with Crippen molar-refractivity contribution in [1.82, 2.24) is 15.1 Å². The molecule has 2 heterocycles. The molecule has 1 N–H and O–H groups in total. The highest BCUT2D eigenvalue weighted by Gasteiger charge is 2.17. The van der Waals surface area contributed by atoms with E-state index >= 15 is 0 Å². The summed E-state index contributed by atoms with van der Waals surface area (Å²) >= 11 is 3.51. The van der Waals surface area contributed by atoms with Crippen molar-refractivity contribution in [1.29, 1.82) is 0 Å². The fourth-order valence-corrected chi connectivity index (χ4v) is 2.46. The average Bonchev–Trinajstić information content (AvgIpc) is 2.70. The Morgan fingerprint density at radius 3 is 2.50 bits per heavy atom. The molecule has 2 aromatic rings. The van der Waals surface area contributed by atoms with E-state index in [4.69, 9.17) is 4.52 Å². The van der Waals surface area contributed by atoms with Crippen molar-refractivity contribution in [3.8, 4) is 11.4 Å². The summed E-state index contributed by atoms with van der Waals surface area (Å²) in [6, 6.07) is 0. The SMILES string of the molecule is CCc1nc(-c2c(C)noc2C)nc(NC)c1Br. The molecular formula is C12H15BrN4O. The lowest BCUT2D eigenvalue weighted by molar-refractivity contribution is 0.393. The van der Waals surface area contributed by atoms with Crippen LogP contribution in [0.15, 0.2) is 9.00 Å². The minimum Gasteiger partial charge on any atom is -0.372 e. The first kappa shape index (κ1) is 13.0. The Labute approximate surface area is 114 Å². The van der Waals surface area contributed by atoms with E-state index in [0.29, 0.717) is 5.82 Å². The van der Waals surface area contributed by atoms with Crippen LogP contribution in [-0.4, -0.2) is 22.2 Å². The molecule has 2 aromatic heterocycles. The summed E-state index contributed by atoms with van der Waals surface area (Å²) < 4.78 is 6.07. The van der Waals surface area contributed by atoms with Gasteiger partial charge < -0.3 is 9.84 Å². The largest absolute Gasteiger partial charge is 0.372 e. The van der Waals surface area contributed by atoms with Crippen molar-refractivity contribution in [3.05, 3.63) is 21.6 Å². The lowest BCUT2D eigenvalue weighted by atomic mass is 10.2. The maximum atomic E-state index is 5.16. The summed E-state index contributed by atoms with van der Waals surface area (Å²) in [5, 5.41) is 7.00. The molecule has 0 aliphatic rings. The summed E-state index contributed by atoms with van der Waals surface area (Å²) in [5.41, 5.74) is 2.64. The first-order valence-electron chi connectivity index (χ1n) is 5.75. The summed E-state index contributed by atoms with van der Waals surface area (Å²) in [6.45, 7) is 5.82. The molecule has 0 spiro atoms. The molecule has 2 rings (SSSR count). The minimum atomic E-state index is 0.649. The van der Waals surface area contributed by atoms with E-state index in [9.17, 15) is 0 Å². The van der Waals surface area contributed by atoms with Gasteiger partial charge in [-0.15, -0.1) is 0 Å². The smallest absolute Gasteiger partial charge is 0.167 e. The minimum absolute atomic E-state index is 0.649. The highest BCUT2D eigenvalue weighted by molar-refractivity contribution is 9.10. The lowest BCUT2D eigenvalue weighted by Crippen LogP contribution is -2.03. The fourth-order valence-electron chi connectivity index (χ4n) is 1.81. The van der Waals surface area contributed by atoms with Crippen LogP contribution in [-0.2, 0) is 6.42 Å². The van der Waals surface area contributed by atoms with Crippen LogP contribution in [0, 0.1) is 13.8 Å². The van der Waals surface area contributed by atoms with Crippen LogP contribution in [0.25, 0.3) is 11.4 Å². The van der Waals surface area contributed by atoms with Gasteiger partial charge in [-0.2, -0.15) is 0 Å². The first-order chi connectivity index (χ1) is 8.58. The molecule has 5 nitrogen and oxygen atoms in total. The topological polar surface area (TPSA) is 63.8 Å². The van der Waals surface area contributed by atoms with Gasteiger partial charge >= 0.3 is 0 Å². The summed E-state index contributed by atoms with van der Waals surface area (Å²) in [5.74, 6) is 2.16. The first-order valence-corrected chi connectivity index (χ1v) is 6.55. The van der Waals surface area contributed by atoms with Crippen LogP contribution < -0.4 is 5.32 Å². The normalized spacial score (nSPS) is 10.7. The Kier molecular flexibility index (Phi) is 3.65. The second-order valence-corrected chi connectivity index (χ2v) is 4.75. The number of rotatable bonds is 3. The van der Waals surface area contributed by atoms with Crippen molar-refractivity contribution >= 4 is 21.7 Å². The van der Waals surface area contributed by atoms with Crippen molar-refractivity contribution in [2.24, 2.45) is 0 Å². The summed E-state index contributed by atoms with van der Waals surface area (Å²) in [6.07, 6.45) is 0.828. The Morgan fingerprint density at radius 1 is 1.28 bits per heavy atom. The molecule has 6 heteroatoms. The standard InChI is InChI=1S/C12H15BrN4O/c1-5-8-10(13)12(14-4)16-11(15-8)9-6(2)17-18-7(9)3/h5H2,1-4H3,(H,14,15,16). The molecule has 0 saturated heterocycles. The number of hydrogen-bond donors (Lipinski definition) is 1.